The van der Waals surface area contributed by atoms with Gasteiger partial charge in [0.2, 0.25) is 5.91 Å². The van der Waals surface area contributed by atoms with Gasteiger partial charge in [0.1, 0.15) is 5.82 Å². The normalized spacial score (nSPS) is 15.0. The molecule has 0 bridgehead atoms. The van der Waals surface area contributed by atoms with E-state index in [1.54, 1.807) is 0 Å². The van der Waals surface area contributed by atoms with Gasteiger partial charge in [-0.25, -0.2) is 4.98 Å². The summed E-state index contributed by atoms with van der Waals surface area (Å²) in [7, 11) is 0. The molecule has 1 saturated carbocycles. The number of amides is 1. The van der Waals surface area contributed by atoms with Gasteiger partial charge in [-0.1, -0.05) is 12.1 Å². The topological polar surface area (TPSA) is 96.7 Å². The predicted molar refractivity (Wildman–Crippen MR) is 87.9 cm³/mol. The van der Waals surface area contributed by atoms with Crippen LogP contribution in [0, 0.1) is 0 Å². The summed E-state index contributed by atoms with van der Waals surface area (Å²) >= 11 is 0. The fraction of sp³-hybridized carbons (Fsp3) is 0.400. The molecular formula is C15H20ClN5O. The Morgan fingerprint density at radius 3 is 2.95 bits per heavy atom. The van der Waals surface area contributed by atoms with Gasteiger partial charge in [0, 0.05) is 29.6 Å². The molecule has 1 aliphatic carbocycles. The molecule has 118 valence electrons. The van der Waals surface area contributed by atoms with Crippen LogP contribution >= 0.6 is 12.4 Å². The smallest absolute Gasteiger partial charge is 0.225 e. The van der Waals surface area contributed by atoms with Gasteiger partial charge >= 0.3 is 0 Å². The number of aromatic nitrogens is 3. The van der Waals surface area contributed by atoms with Crippen molar-refractivity contribution in [1.82, 2.24) is 15.2 Å². The predicted octanol–water partition coefficient (Wildman–Crippen LogP) is 2.45. The van der Waals surface area contributed by atoms with Crippen molar-refractivity contribution in [1.29, 1.82) is 0 Å². The van der Waals surface area contributed by atoms with Crippen molar-refractivity contribution < 1.29 is 4.79 Å². The van der Waals surface area contributed by atoms with Crippen molar-refractivity contribution in [2.75, 3.05) is 5.32 Å². The molecule has 0 aliphatic heterocycles. The molecule has 4 N–H and O–H groups in total. The van der Waals surface area contributed by atoms with E-state index in [-0.39, 0.29) is 24.4 Å². The summed E-state index contributed by atoms with van der Waals surface area (Å²) in [6, 6.07) is 7.38. The van der Waals surface area contributed by atoms with E-state index in [0.29, 0.717) is 18.2 Å². The minimum absolute atomic E-state index is 0. The summed E-state index contributed by atoms with van der Waals surface area (Å²) in [5, 5.41) is 10.1. The van der Waals surface area contributed by atoms with Gasteiger partial charge in [-0.05, 0) is 31.9 Å². The van der Waals surface area contributed by atoms with E-state index in [4.69, 9.17) is 5.73 Å². The molecule has 1 aromatic carbocycles. The summed E-state index contributed by atoms with van der Waals surface area (Å²) in [4.78, 5) is 16.3. The Morgan fingerprint density at radius 2 is 2.27 bits per heavy atom. The number of aromatic amines is 1. The number of benzene rings is 1. The second-order valence-corrected chi connectivity index (χ2v) is 5.63. The van der Waals surface area contributed by atoms with Gasteiger partial charge in [-0.3, -0.25) is 9.89 Å². The van der Waals surface area contributed by atoms with Crippen LogP contribution in [0.25, 0.3) is 11.4 Å². The van der Waals surface area contributed by atoms with Crippen LogP contribution in [0.3, 0.4) is 0 Å². The lowest BCUT2D eigenvalue weighted by Gasteiger charge is -2.07. The zero-order valence-electron chi connectivity index (χ0n) is 12.4. The molecule has 3 rings (SSSR count). The lowest BCUT2D eigenvalue weighted by Crippen LogP contribution is -2.23. The lowest BCUT2D eigenvalue weighted by molar-refractivity contribution is -0.116. The van der Waals surface area contributed by atoms with Gasteiger partial charge in [0.25, 0.3) is 0 Å². The number of anilines is 1. The zero-order valence-corrected chi connectivity index (χ0v) is 13.2. The number of nitrogens with two attached hydrogens (primary N) is 1. The van der Waals surface area contributed by atoms with Crippen molar-refractivity contribution in [2.45, 2.75) is 38.1 Å². The minimum atomic E-state index is -0.151. The number of carbonyl (C=O) groups is 1. The van der Waals surface area contributed by atoms with E-state index in [1.807, 2.05) is 31.2 Å². The van der Waals surface area contributed by atoms with Crippen molar-refractivity contribution in [3.05, 3.63) is 30.1 Å². The Bertz CT molecular complexity index is 651. The molecule has 1 atom stereocenters. The van der Waals surface area contributed by atoms with Crippen LogP contribution < -0.4 is 11.1 Å². The zero-order chi connectivity index (χ0) is 14.8. The van der Waals surface area contributed by atoms with Crippen LogP contribution in [-0.4, -0.2) is 27.1 Å². The van der Waals surface area contributed by atoms with Crippen molar-refractivity contribution in [3.8, 4) is 11.4 Å². The first-order chi connectivity index (χ1) is 10.1. The summed E-state index contributed by atoms with van der Waals surface area (Å²) in [6.45, 7) is 1.81. The summed E-state index contributed by atoms with van der Waals surface area (Å²) in [5.41, 5.74) is 7.24. The summed E-state index contributed by atoms with van der Waals surface area (Å²) in [6.07, 6.45) is 2.67. The van der Waals surface area contributed by atoms with Crippen molar-refractivity contribution in [2.24, 2.45) is 5.73 Å². The molecule has 6 nitrogen and oxygen atoms in total. The monoisotopic (exact) mass is 321 g/mol. The highest BCUT2D eigenvalue weighted by Crippen LogP contribution is 2.38. The Balaban J connectivity index is 0.00000176. The van der Waals surface area contributed by atoms with Crippen LogP contribution in [0.15, 0.2) is 24.3 Å². The van der Waals surface area contributed by atoms with Gasteiger partial charge in [-0.2, -0.15) is 5.10 Å². The third-order valence-electron chi connectivity index (χ3n) is 3.38. The Labute approximate surface area is 135 Å². The number of nitrogens with zero attached hydrogens (tertiary/aromatic N) is 2. The molecular weight excluding hydrogens is 302 g/mol. The Hall–Kier alpha value is -1.92. The highest BCUT2D eigenvalue weighted by atomic mass is 35.5. The molecule has 1 aromatic heterocycles. The standard InChI is InChI=1S/C15H19N5O.ClH/c1-9(16)7-13(21)17-12-4-2-3-11(8-12)15-18-14(19-20-15)10-5-6-10;/h2-4,8-10H,5-7,16H2,1H3,(H,17,21)(H,18,19,20);1H. The number of nitrogens with one attached hydrogen (secondary N) is 2. The van der Waals surface area contributed by atoms with Crippen molar-refractivity contribution in [3.63, 3.8) is 0 Å². The first-order valence-electron chi connectivity index (χ1n) is 7.20. The van der Waals surface area contributed by atoms with E-state index >= 15 is 0 Å². The molecule has 2 aromatic rings. The molecule has 0 saturated heterocycles. The van der Waals surface area contributed by atoms with E-state index in [1.165, 1.54) is 12.8 Å². The number of rotatable bonds is 5. The summed E-state index contributed by atoms with van der Waals surface area (Å²) in [5.74, 6) is 2.08. The van der Waals surface area contributed by atoms with Gasteiger partial charge in [-0.15, -0.1) is 12.4 Å². The molecule has 1 fully saturated rings. The fourth-order valence-electron chi connectivity index (χ4n) is 2.18. The SMILES string of the molecule is CC(N)CC(=O)Nc1cccc(-c2n[nH]c(C3CC3)n2)c1.Cl. The minimum Gasteiger partial charge on any atom is -0.327 e. The number of H-pyrrole nitrogens is 1. The highest BCUT2D eigenvalue weighted by molar-refractivity contribution is 5.91. The first-order valence-corrected chi connectivity index (χ1v) is 7.20. The largest absolute Gasteiger partial charge is 0.327 e. The maximum Gasteiger partial charge on any atom is 0.225 e. The number of hydrogen-bond donors (Lipinski definition) is 3. The molecule has 1 aliphatic rings. The highest BCUT2D eigenvalue weighted by Gasteiger charge is 2.27. The third kappa shape index (κ3) is 4.05. The van der Waals surface area contributed by atoms with E-state index in [9.17, 15) is 4.79 Å². The molecule has 1 amide bonds. The molecule has 7 heteroatoms. The van der Waals surface area contributed by atoms with Crippen LogP contribution in [-0.2, 0) is 4.79 Å². The quantitative estimate of drug-likeness (QED) is 0.788. The van der Waals surface area contributed by atoms with Gasteiger partial charge in [0.05, 0.1) is 0 Å². The molecule has 22 heavy (non-hydrogen) atoms. The van der Waals surface area contributed by atoms with E-state index in [2.05, 4.69) is 20.5 Å². The van der Waals surface area contributed by atoms with E-state index < -0.39 is 0 Å². The van der Waals surface area contributed by atoms with Crippen LogP contribution in [0.4, 0.5) is 5.69 Å². The second kappa shape index (κ2) is 6.89. The maximum absolute atomic E-state index is 11.7. The maximum atomic E-state index is 11.7. The Morgan fingerprint density at radius 1 is 1.50 bits per heavy atom. The fourth-order valence-corrected chi connectivity index (χ4v) is 2.18. The average molecular weight is 322 g/mol. The third-order valence-corrected chi connectivity index (χ3v) is 3.38. The lowest BCUT2D eigenvalue weighted by atomic mass is 10.2. The average Bonchev–Trinajstić information content (AvgIpc) is 3.16. The molecule has 0 spiro atoms. The molecule has 0 radical (unpaired) electrons. The number of hydrogen-bond acceptors (Lipinski definition) is 4. The second-order valence-electron chi connectivity index (χ2n) is 5.63. The molecule has 1 heterocycles. The van der Waals surface area contributed by atoms with Crippen LogP contribution in [0.5, 0.6) is 0 Å². The van der Waals surface area contributed by atoms with Crippen LogP contribution in [0.2, 0.25) is 0 Å². The van der Waals surface area contributed by atoms with Gasteiger partial charge < -0.3 is 11.1 Å². The molecule has 1 unspecified atom stereocenters. The van der Waals surface area contributed by atoms with Gasteiger partial charge in [0.15, 0.2) is 5.82 Å². The number of halogens is 1. The number of carbonyl (C=O) groups excluding carboxylic acids is 1. The van der Waals surface area contributed by atoms with Crippen LogP contribution in [0.1, 0.15) is 37.9 Å². The summed E-state index contributed by atoms with van der Waals surface area (Å²) < 4.78 is 0. The Kier molecular flexibility index (Phi) is 5.15. The van der Waals surface area contributed by atoms with E-state index in [0.717, 1.165) is 17.1 Å². The van der Waals surface area contributed by atoms with Crippen molar-refractivity contribution >= 4 is 24.0 Å². The first kappa shape index (κ1) is 16.5.